The molecule has 2 rings (SSSR count). The van der Waals surface area contributed by atoms with Crippen LogP contribution in [0, 0.1) is 11.8 Å². The molecular formula is C14H11NO2. The first kappa shape index (κ1) is 11.2. The summed E-state index contributed by atoms with van der Waals surface area (Å²) < 4.78 is 0. The molecule has 0 spiro atoms. The van der Waals surface area contributed by atoms with E-state index < -0.39 is 0 Å². The fourth-order valence-corrected chi connectivity index (χ4v) is 1.55. The number of ketones is 1. The molecule has 2 aromatic carbocycles. The summed E-state index contributed by atoms with van der Waals surface area (Å²) in [6.45, 7) is 1.97. The Balaban J connectivity index is 2.30. The van der Waals surface area contributed by atoms with Crippen molar-refractivity contribution in [3.8, 4) is 0 Å². The molecule has 0 unspecified atom stereocenters. The number of hydrogen-bond acceptors (Lipinski definition) is 3. The normalized spacial score (nSPS) is 9.94. The lowest BCUT2D eigenvalue weighted by atomic mass is 10.0. The Morgan fingerprint density at radius 1 is 0.882 bits per heavy atom. The highest BCUT2D eigenvalue weighted by Gasteiger charge is 2.08. The number of nitroso groups, excluding NO2 is 1. The van der Waals surface area contributed by atoms with Gasteiger partial charge in [-0.3, -0.25) is 4.79 Å². The second-order valence-electron chi connectivity index (χ2n) is 3.83. The van der Waals surface area contributed by atoms with Crippen molar-refractivity contribution in [1.82, 2.24) is 0 Å². The number of benzene rings is 2. The highest BCUT2D eigenvalue weighted by atomic mass is 16.3. The van der Waals surface area contributed by atoms with E-state index in [1.54, 1.807) is 24.3 Å². The van der Waals surface area contributed by atoms with Gasteiger partial charge >= 0.3 is 0 Å². The Bertz CT molecular complexity index is 541. The molecule has 0 aliphatic rings. The Kier molecular flexibility index (Phi) is 3.10. The van der Waals surface area contributed by atoms with E-state index in [0.29, 0.717) is 16.8 Å². The molecule has 0 aliphatic carbocycles. The van der Waals surface area contributed by atoms with Gasteiger partial charge in [0.15, 0.2) is 5.78 Å². The molecule has 0 N–H and O–H groups in total. The van der Waals surface area contributed by atoms with Gasteiger partial charge in [0.2, 0.25) is 0 Å². The third kappa shape index (κ3) is 2.45. The molecule has 0 amide bonds. The molecule has 17 heavy (non-hydrogen) atoms. The van der Waals surface area contributed by atoms with Crippen LogP contribution in [0.3, 0.4) is 0 Å². The standard InChI is InChI=1S/C14H11NO2/c1-10-2-4-11(5-3-10)14(16)12-6-8-13(15-17)9-7-12/h2-9H,1H3. The van der Waals surface area contributed by atoms with Crippen LogP contribution in [0.15, 0.2) is 53.7 Å². The molecule has 3 nitrogen and oxygen atoms in total. The van der Waals surface area contributed by atoms with Gasteiger partial charge in [-0.2, -0.15) is 0 Å². The number of aryl methyl sites for hydroxylation is 1. The lowest BCUT2D eigenvalue weighted by Crippen LogP contribution is -2.00. The molecule has 0 atom stereocenters. The molecule has 3 heteroatoms. The molecule has 0 saturated carbocycles. The highest BCUT2D eigenvalue weighted by molar-refractivity contribution is 6.09. The SMILES string of the molecule is Cc1ccc(C(=O)c2ccc(N=O)cc2)cc1. The van der Waals surface area contributed by atoms with Gasteiger partial charge in [0.1, 0.15) is 5.69 Å². The third-order valence-corrected chi connectivity index (χ3v) is 2.55. The van der Waals surface area contributed by atoms with Gasteiger partial charge in [-0.05, 0) is 36.4 Å². The first-order chi connectivity index (χ1) is 8.20. The Labute approximate surface area is 99.1 Å². The minimum atomic E-state index is -0.0533. The average molecular weight is 225 g/mol. The monoisotopic (exact) mass is 225 g/mol. The maximum Gasteiger partial charge on any atom is 0.193 e. The second kappa shape index (κ2) is 4.70. The van der Waals surface area contributed by atoms with E-state index in [1.165, 1.54) is 12.1 Å². The number of nitrogens with zero attached hydrogens (tertiary/aromatic N) is 1. The van der Waals surface area contributed by atoms with Crippen molar-refractivity contribution in [2.75, 3.05) is 0 Å². The molecule has 0 aliphatic heterocycles. The number of hydrogen-bond donors (Lipinski definition) is 0. The zero-order valence-corrected chi connectivity index (χ0v) is 9.38. The number of carbonyl (C=O) groups is 1. The lowest BCUT2D eigenvalue weighted by molar-refractivity contribution is 0.103. The van der Waals surface area contributed by atoms with Gasteiger partial charge in [-0.15, -0.1) is 4.91 Å². The van der Waals surface area contributed by atoms with E-state index in [-0.39, 0.29) is 5.78 Å². The molecule has 0 radical (unpaired) electrons. The van der Waals surface area contributed by atoms with E-state index in [0.717, 1.165) is 5.56 Å². The molecule has 2 aromatic rings. The number of carbonyl (C=O) groups excluding carboxylic acids is 1. The van der Waals surface area contributed by atoms with Crippen LogP contribution in [0.5, 0.6) is 0 Å². The van der Waals surface area contributed by atoms with Crippen LogP contribution in [0.4, 0.5) is 5.69 Å². The Morgan fingerprint density at radius 2 is 1.35 bits per heavy atom. The predicted molar refractivity (Wildman–Crippen MR) is 66.5 cm³/mol. The van der Waals surface area contributed by atoms with E-state index in [2.05, 4.69) is 5.18 Å². The second-order valence-corrected chi connectivity index (χ2v) is 3.83. The Morgan fingerprint density at radius 3 is 1.82 bits per heavy atom. The van der Waals surface area contributed by atoms with E-state index in [1.807, 2.05) is 19.1 Å². The first-order valence-corrected chi connectivity index (χ1v) is 5.25. The zero-order valence-electron chi connectivity index (χ0n) is 9.38. The average Bonchev–Trinajstić information content (AvgIpc) is 2.39. The first-order valence-electron chi connectivity index (χ1n) is 5.25. The summed E-state index contributed by atoms with van der Waals surface area (Å²) in [5.74, 6) is -0.0533. The van der Waals surface area contributed by atoms with Crippen LogP contribution in [-0.4, -0.2) is 5.78 Å². The summed E-state index contributed by atoms with van der Waals surface area (Å²) in [5.41, 5.74) is 2.64. The maximum atomic E-state index is 12.0. The summed E-state index contributed by atoms with van der Waals surface area (Å²) in [7, 11) is 0. The van der Waals surface area contributed by atoms with Crippen molar-refractivity contribution in [3.05, 3.63) is 70.1 Å². The minimum Gasteiger partial charge on any atom is -0.289 e. The van der Waals surface area contributed by atoms with Gasteiger partial charge in [-0.25, -0.2) is 0 Å². The van der Waals surface area contributed by atoms with Gasteiger partial charge in [0.25, 0.3) is 0 Å². The van der Waals surface area contributed by atoms with Gasteiger partial charge in [-0.1, -0.05) is 29.8 Å². The topological polar surface area (TPSA) is 46.5 Å². The fraction of sp³-hybridized carbons (Fsp3) is 0.0714. The molecular weight excluding hydrogens is 214 g/mol. The molecule has 0 bridgehead atoms. The largest absolute Gasteiger partial charge is 0.289 e. The highest BCUT2D eigenvalue weighted by Crippen LogP contribution is 2.15. The van der Waals surface area contributed by atoms with Gasteiger partial charge < -0.3 is 0 Å². The fourth-order valence-electron chi connectivity index (χ4n) is 1.55. The summed E-state index contributed by atoms with van der Waals surface area (Å²) in [6.07, 6.45) is 0. The van der Waals surface area contributed by atoms with Crippen molar-refractivity contribution in [1.29, 1.82) is 0 Å². The van der Waals surface area contributed by atoms with Crippen LogP contribution < -0.4 is 0 Å². The predicted octanol–water partition coefficient (Wildman–Crippen LogP) is 3.62. The molecule has 84 valence electrons. The van der Waals surface area contributed by atoms with Crippen LogP contribution in [0.2, 0.25) is 0 Å². The van der Waals surface area contributed by atoms with Gasteiger partial charge in [0.05, 0.1) is 0 Å². The summed E-state index contributed by atoms with van der Waals surface area (Å²) in [5, 5.41) is 2.79. The van der Waals surface area contributed by atoms with Crippen LogP contribution in [0.25, 0.3) is 0 Å². The van der Waals surface area contributed by atoms with E-state index in [4.69, 9.17) is 0 Å². The molecule has 0 fully saturated rings. The van der Waals surface area contributed by atoms with E-state index in [9.17, 15) is 9.70 Å². The number of rotatable bonds is 3. The van der Waals surface area contributed by atoms with Gasteiger partial charge in [0, 0.05) is 11.1 Å². The quantitative estimate of drug-likeness (QED) is 0.591. The smallest absolute Gasteiger partial charge is 0.193 e. The van der Waals surface area contributed by atoms with Crippen molar-refractivity contribution in [3.63, 3.8) is 0 Å². The van der Waals surface area contributed by atoms with E-state index >= 15 is 0 Å². The van der Waals surface area contributed by atoms with Crippen molar-refractivity contribution in [2.45, 2.75) is 6.92 Å². The Hall–Kier alpha value is -2.29. The third-order valence-electron chi connectivity index (χ3n) is 2.55. The van der Waals surface area contributed by atoms with Crippen LogP contribution in [0.1, 0.15) is 21.5 Å². The van der Waals surface area contributed by atoms with Crippen LogP contribution in [-0.2, 0) is 0 Å². The summed E-state index contributed by atoms with van der Waals surface area (Å²) >= 11 is 0. The van der Waals surface area contributed by atoms with Crippen molar-refractivity contribution in [2.24, 2.45) is 5.18 Å². The van der Waals surface area contributed by atoms with Crippen LogP contribution >= 0.6 is 0 Å². The molecule has 0 aromatic heterocycles. The summed E-state index contributed by atoms with van der Waals surface area (Å²) in [4.78, 5) is 22.3. The zero-order chi connectivity index (χ0) is 12.3. The van der Waals surface area contributed by atoms with Crippen molar-refractivity contribution >= 4 is 11.5 Å². The lowest BCUT2D eigenvalue weighted by Gasteiger charge is -2.01. The molecule has 0 saturated heterocycles. The maximum absolute atomic E-state index is 12.0. The minimum absolute atomic E-state index is 0.0533. The summed E-state index contributed by atoms with van der Waals surface area (Å²) in [6, 6.07) is 13.7. The molecule has 0 heterocycles. The van der Waals surface area contributed by atoms with Crippen molar-refractivity contribution < 1.29 is 4.79 Å².